The fourth-order valence-electron chi connectivity index (χ4n) is 2.46. The molecule has 0 aromatic carbocycles. The van der Waals surface area contributed by atoms with Crippen LogP contribution in [0.25, 0.3) is 0 Å². The van der Waals surface area contributed by atoms with Crippen LogP contribution < -0.4 is 11.1 Å². The molecule has 2 aliphatic rings. The first-order valence-corrected chi connectivity index (χ1v) is 5.01. The highest BCUT2D eigenvalue weighted by molar-refractivity contribution is 5.93. The molecule has 0 spiro atoms. The van der Waals surface area contributed by atoms with Crippen molar-refractivity contribution in [2.45, 2.75) is 25.7 Å². The summed E-state index contributed by atoms with van der Waals surface area (Å²) in [5.41, 5.74) is 7.55. The molecule has 3 nitrogen and oxygen atoms in total. The minimum Gasteiger partial charge on any atom is -0.366 e. The zero-order chi connectivity index (χ0) is 9.26. The van der Waals surface area contributed by atoms with E-state index in [1.165, 1.54) is 18.4 Å². The van der Waals surface area contributed by atoms with Gasteiger partial charge in [-0.15, -0.1) is 0 Å². The van der Waals surface area contributed by atoms with Crippen LogP contribution in [0.5, 0.6) is 0 Å². The van der Waals surface area contributed by atoms with Gasteiger partial charge in [-0.25, -0.2) is 0 Å². The third-order valence-electron chi connectivity index (χ3n) is 3.14. The first-order valence-electron chi connectivity index (χ1n) is 5.01. The fraction of sp³-hybridized carbons (Fsp3) is 0.700. The Balaban J connectivity index is 2.28. The molecule has 0 bridgehead atoms. The molecular weight excluding hydrogens is 164 g/mol. The van der Waals surface area contributed by atoms with Crippen LogP contribution in [0.4, 0.5) is 0 Å². The summed E-state index contributed by atoms with van der Waals surface area (Å²) in [5.74, 6) is 0.431. The minimum absolute atomic E-state index is 0.205. The van der Waals surface area contributed by atoms with Gasteiger partial charge in [-0.2, -0.15) is 0 Å². The van der Waals surface area contributed by atoms with Crippen molar-refractivity contribution in [3.05, 3.63) is 11.1 Å². The first kappa shape index (κ1) is 8.75. The molecular formula is C10H16N2O. The highest BCUT2D eigenvalue weighted by atomic mass is 16.1. The van der Waals surface area contributed by atoms with Crippen LogP contribution in [0.3, 0.4) is 0 Å². The average Bonchev–Trinajstić information content (AvgIpc) is 2.17. The Hall–Kier alpha value is -0.830. The lowest BCUT2D eigenvalue weighted by molar-refractivity contribution is -0.114. The van der Waals surface area contributed by atoms with E-state index < -0.39 is 0 Å². The molecule has 1 atom stereocenters. The first-order chi connectivity index (χ1) is 6.29. The van der Waals surface area contributed by atoms with Gasteiger partial charge in [0.2, 0.25) is 5.91 Å². The average molecular weight is 180 g/mol. The summed E-state index contributed by atoms with van der Waals surface area (Å²) in [6, 6.07) is 0. The Morgan fingerprint density at radius 1 is 1.46 bits per heavy atom. The number of carbonyl (C=O) groups is 1. The van der Waals surface area contributed by atoms with Gasteiger partial charge in [0.1, 0.15) is 0 Å². The molecule has 3 heteroatoms. The second-order valence-electron chi connectivity index (χ2n) is 3.92. The number of primary amides is 1. The molecule has 1 amide bonds. The monoisotopic (exact) mass is 180 g/mol. The van der Waals surface area contributed by atoms with Crippen LogP contribution in [-0.2, 0) is 4.79 Å². The summed E-state index contributed by atoms with van der Waals surface area (Å²) in [5, 5.41) is 3.30. The number of nitrogens with two attached hydrogens (primary N) is 1. The number of piperidine rings is 1. The van der Waals surface area contributed by atoms with Crippen molar-refractivity contribution in [1.29, 1.82) is 0 Å². The van der Waals surface area contributed by atoms with Crippen molar-refractivity contribution in [2.24, 2.45) is 11.7 Å². The highest BCUT2D eigenvalue weighted by Crippen LogP contribution is 2.33. The molecule has 13 heavy (non-hydrogen) atoms. The lowest BCUT2D eigenvalue weighted by Gasteiger charge is -2.31. The van der Waals surface area contributed by atoms with Gasteiger partial charge in [0.25, 0.3) is 0 Å². The molecule has 1 heterocycles. The number of fused-ring (bicyclic) bond motifs is 1. The fourth-order valence-corrected chi connectivity index (χ4v) is 2.46. The maximum Gasteiger partial charge on any atom is 0.244 e. The number of amides is 1. The number of hydrogen-bond acceptors (Lipinski definition) is 2. The quantitative estimate of drug-likeness (QED) is 0.619. The molecule has 1 unspecified atom stereocenters. The van der Waals surface area contributed by atoms with Crippen molar-refractivity contribution < 1.29 is 4.79 Å². The predicted molar refractivity (Wildman–Crippen MR) is 51.0 cm³/mol. The molecule has 1 saturated heterocycles. The Morgan fingerprint density at radius 2 is 2.31 bits per heavy atom. The Kier molecular flexibility index (Phi) is 2.36. The van der Waals surface area contributed by atoms with Crippen LogP contribution in [0.1, 0.15) is 25.7 Å². The largest absolute Gasteiger partial charge is 0.366 e. The predicted octanol–water partition coefficient (Wildman–Crippen LogP) is 0.562. The summed E-state index contributed by atoms with van der Waals surface area (Å²) >= 11 is 0. The molecule has 1 aliphatic carbocycles. The zero-order valence-corrected chi connectivity index (χ0v) is 7.81. The molecule has 0 aromatic heterocycles. The van der Waals surface area contributed by atoms with E-state index in [9.17, 15) is 4.79 Å². The number of rotatable bonds is 1. The van der Waals surface area contributed by atoms with Gasteiger partial charge in [-0.1, -0.05) is 0 Å². The van der Waals surface area contributed by atoms with E-state index in [1.54, 1.807) is 0 Å². The number of hydrogen-bond donors (Lipinski definition) is 2. The molecule has 72 valence electrons. The lowest BCUT2D eigenvalue weighted by atomic mass is 9.79. The summed E-state index contributed by atoms with van der Waals surface area (Å²) < 4.78 is 0. The third-order valence-corrected chi connectivity index (χ3v) is 3.14. The van der Waals surface area contributed by atoms with Gasteiger partial charge in [0, 0.05) is 12.1 Å². The minimum atomic E-state index is -0.205. The van der Waals surface area contributed by atoms with Crippen molar-refractivity contribution in [3.8, 4) is 0 Å². The maximum atomic E-state index is 11.1. The molecule has 1 fully saturated rings. The van der Waals surface area contributed by atoms with Crippen LogP contribution in [0.15, 0.2) is 11.1 Å². The third kappa shape index (κ3) is 1.61. The van der Waals surface area contributed by atoms with E-state index in [0.29, 0.717) is 5.92 Å². The van der Waals surface area contributed by atoms with Crippen molar-refractivity contribution in [3.63, 3.8) is 0 Å². The van der Waals surface area contributed by atoms with Gasteiger partial charge < -0.3 is 11.1 Å². The van der Waals surface area contributed by atoms with E-state index in [0.717, 1.165) is 31.5 Å². The Morgan fingerprint density at radius 3 is 3.08 bits per heavy atom. The Bertz CT molecular complexity index is 258. The highest BCUT2D eigenvalue weighted by Gasteiger charge is 2.27. The number of carbonyl (C=O) groups excluding carboxylic acids is 1. The zero-order valence-electron chi connectivity index (χ0n) is 7.81. The van der Waals surface area contributed by atoms with Crippen LogP contribution in [0, 0.1) is 5.92 Å². The maximum absolute atomic E-state index is 11.1. The van der Waals surface area contributed by atoms with Crippen molar-refractivity contribution in [1.82, 2.24) is 5.32 Å². The van der Waals surface area contributed by atoms with E-state index in [1.807, 2.05) is 0 Å². The van der Waals surface area contributed by atoms with E-state index in [2.05, 4.69) is 5.32 Å². The molecule has 2 rings (SSSR count). The summed E-state index contributed by atoms with van der Waals surface area (Å²) in [4.78, 5) is 11.1. The molecule has 0 radical (unpaired) electrons. The summed E-state index contributed by atoms with van der Waals surface area (Å²) in [6.07, 6.45) is 4.44. The Labute approximate surface area is 78.4 Å². The second kappa shape index (κ2) is 3.50. The topological polar surface area (TPSA) is 55.1 Å². The molecule has 0 saturated carbocycles. The van der Waals surface area contributed by atoms with Gasteiger partial charge in [-0.05, 0) is 43.7 Å². The van der Waals surface area contributed by atoms with Crippen LogP contribution in [0.2, 0.25) is 0 Å². The standard InChI is InChI=1S/C10H16N2O/c11-10(13)8-3-1-2-7-4-5-12-6-9(7)8/h7,12H,1-6H2,(H2,11,13). The van der Waals surface area contributed by atoms with Gasteiger partial charge in [0.05, 0.1) is 0 Å². The van der Waals surface area contributed by atoms with Crippen LogP contribution in [-0.4, -0.2) is 19.0 Å². The molecule has 3 N–H and O–H groups in total. The molecule has 1 aliphatic heterocycles. The summed E-state index contributed by atoms with van der Waals surface area (Å²) in [6.45, 7) is 1.96. The summed E-state index contributed by atoms with van der Waals surface area (Å²) in [7, 11) is 0. The molecule has 0 aromatic rings. The van der Waals surface area contributed by atoms with Gasteiger partial charge >= 0.3 is 0 Å². The number of nitrogens with one attached hydrogen (secondary N) is 1. The van der Waals surface area contributed by atoms with Crippen molar-refractivity contribution >= 4 is 5.91 Å². The van der Waals surface area contributed by atoms with Crippen molar-refractivity contribution in [2.75, 3.05) is 13.1 Å². The lowest BCUT2D eigenvalue weighted by Crippen LogP contribution is -2.35. The smallest absolute Gasteiger partial charge is 0.244 e. The normalized spacial score (nSPS) is 28.5. The van der Waals surface area contributed by atoms with Crippen LogP contribution >= 0.6 is 0 Å². The van der Waals surface area contributed by atoms with E-state index >= 15 is 0 Å². The SMILES string of the molecule is NC(=O)C1=C2CNCCC2CCC1. The van der Waals surface area contributed by atoms with Gasteiger partial charge in [-0.3, -0.25) is 4.79 Å². The van der Waals surface area contributed by atoms with E-state index in [4.69, 9.17) is 5.73 Å². The van der Waals surface area contributed by atoms with Gasteiger partial charge in [0.15, 0.2) is 0 Å². The van der Waals surface area contributed by atoms with E-state index in [-0.39, 0.29) is 5.91 Å². The second-order valence-corrected chi connectivity index (χ2v) is 3.92.